The fourth-order valence-electron chi connectivity index (χ4n) is 2.62. The number of alkyl halides is 3. The quantitative estimate of drug-likeness (QED) is 0.671. The molecular formula is C16H12Cl2F3N3. The maximum atomic E-state index is 13.2. The summed E-state index contributed by atoms with van der Waals surface area (Å²) in [6, 6.07) is 5.73. The summed E-state index contributed by atoms with van der Waals surface area (Å²) in [6.45, 7) is 2.10. The van der Waals surface area contributed by atoms with E-state index in [0.717, 1.165) is 11.8 Å². The number of aliphatic imine (C=N–C) groups is 1. The Hall–Kier alpha value is -1.79. The van der Waals surface area contributed by atoms with Crippen molar-refractivity contribution in [3.63, 3.8) is 0 Å². The Kier molecular flexibility index (Phi) is 4.44. The van der Waals surface area contributed by atoms with Gasteiger partial charge in [0.1, 0.15) is 5.17 Å². The van der Waals surface area contributed by atoms with Crippen molar-refractivity contribution >= 4 is 45.4 Å². The van der Waals surface area contributed by atoms with Crippen LogP contribution in [0.25, 0.3) is 0 Å². The number of aromatic nitrogens is 1. The van der Waals surface area contributed by atoms with E-state index in [1.54, 1.807) is 23.2 Å². The minimum Gasteiger partial charge on any atom is -0.331 e. The first-order chi connectivity index (χ1) is 11.3. The molecule has 2 heterocycles. The van der Waals surface area contributed by atoms with Gasteiger partial charge >= 0.3 is 6.18 Å². The van der Waals surface area contributed by atoms with Crippen LogP contribution < -0.4 is 4.90 Å². The Morgan fingerprint density at radius 3 is 2.62 bits per heavy atom. The highest BCUT2D eigenvalue weighted by Crippen LogP contribution is 2.45. The first-order valence-electron chi connectivity index (χ1n) is 7.16. The highest BCUT2D eigenvalue weighted by Gasteiger charge is 2.35. The standard InChI is InChI=1S/C16H12Cl2F3N3/c1-2-11-13(4-3-5-22-11)24-8-15(18)23-12-7-10(17)9(6-14(12)24)16(19,20)21/h3-7H,2,8H2,1H3. The Morgan fingerprint density at radius 1 is 1.21 bits per heavy atom. The van der Waals surface area contributed by atoms with Crippen LogP contribution in [0.3, 0.4) is 0 Å². The van der Waals surface area contributed by atoms with Crippen molar-refractivity contribution in [1.82, 2.24) is 4.98 Å². The number of halogens is 5. The van der Waals surface area contributed by atoms with Gasteiger partial charge in [-0.25, -0.2) is 4.99 Å². The Labute approximate surface area is 146 Å². The molecular weight excluding hydrogens is 362 g/mol. The second-order valence-corrected chi connectivity index (χ2v) is 6.06. The number of benzene rings is 1. The molecule has 24 heavy (non-hydrogen) atoms. The van der Waals surface area contributed by atoms with E-state index in [0.29, 0.717) is 23.5 Å². The van der Waals surface area contributed by atoms with Crippen LogP contribution in [0.2, 0.25) is 5.02 Å². The Morgan fingerprint density at radius 2 is 1.96 bits per heavy atom. The molecule has 126 valence electrons. The van der Waals surface area contributed by atoms with E-state index in [2.05, 4.69) is 9.98 Å². The van der Waals surface area contributed by atoms with E-state index in [4.69, 9.17) is 23.2 Å². The third-order valence-electron chi connectivity index (χ3n) is 3.68. The largest absolute Gasteiger partial charge is 0.417 e. The third kappa shape index (κ3) is 3.08. The highest BCUT2D eigenvalue weighted by molar-refractivity contribution is 6.66. The second kappa shape index (κ2) is 6.26. The molecule has 1 aromatic carbocycles. The molecule has 1 aliphatic heterocycles. The maximum absolute atomic E-state index is 13.2. The summed E-state index contributed by atoms with van der Waals surface area (Å²) < 4.78 is 39.6. The molecule has 0 unspecified atom stereocenters. The summed E-state index contributed by atoms with van der Waals surface area (Å²) in [7, 11) is 0. The molecule has 0 aliphatic carbocycles. The first-order valence-corrected chi connectivity index (χ1v) is 7.92. The fraction of sp³-hybridized carbons (Fsp3) is 0.250. The molecule has 0 saturated carbocycles. The van der Waals surface area contributed by atoms with Crippen molar-refractivity contribution in [2.75, 3.05) is 11.4 Å². The van der Waals surface area contributed by atoms with Gasteiger partial charge in [0, 0.05) is 6.20 Å². The smallest absolute Gasteiger partial charge is 0.331 e. The molecule has 3 nitrogen and oxygen atoms in total. The van der Waals surface area contributed by atoms with Crippen molar-refractivity contribution in [3.8, 4) is 0 Å². The van der Waals surface area contributed by atoms with Crippen molar-refractivity contribution in [3.05, 3.63) is 46.7 Å². The van der Waals surface area contributed by atoms with Gasteiger partial charge in [-0.05, 0) is 30.7 Å². The molecule has 0 spiro atoms. The first kappa shape index (κ1) is 17.0. The van der Waals surface area contributed by atoms with E-state index in [1.807, 2.05) is 6.92 Å². The zero-order valence-electron chi connectivity index (χ0n) is 12.5. The number of nitrogens with zero attached hydrogens (tertiary/aromatic N) is 3. The number of hydrogen-bond donors (Lipinski definition) is 0. The number of fused-ring (bicyclic) bond motifs is 1. The monoisotopic (exact) mass is 373 g/mol. The Bertz CT molecular complexity index is 819. The van der Waals surface area contributed by atoms with Crippen LogP contribution in [-0.4, -0.2) is 16.7 Å². The number of hydrogen-bond acceptors (Lipinski definition) is 3. The van der Waals surface area contributed by atoms with Crippen LogP contribution in [0, 0.1) is 0 Å². The van der Waals surface area contributed by atoms with Gasteiger partial charge in [0.05, 0.1) is 39.9 Å². The van der Waals surface area contributed by atoms with Gasteiger partial charge in [-0.1, -0.05) is 30.1 Å². The van der Waals surface area contributed by atoms with E-state index < -0.39 is 16.8 Å². The fourth-order valence-corrected chi connectivity index (χ4v) is 3.09. The lowest BCUT2D eigenvalue weighted by molar-refractivity contribution is -0.137. The SMILES string of the molecule is CCc1ncccc1N1CC(Cl)=Nc2cc(Cl)c(C(F)(F)F)cc21. The summed E-state index contributed by atoms with van der Waals surface area (Å²) in [6.07, 6.45) is -2.27. The molecule has 3 rings (SSSR count). The normalized spacial score (nSPS) is 14.4. The van der Waals surface area contributed by atoms with Crippen molar-refractivity contribution < 1.29 is 13.2 Å². The van der Waals surface area contributed by atoms with E-state index >= 15 is 0 Å². The van der Waals surface area contributed by atoms with Gasteiger partial charge in [0.2, 0.25) is 0 Å². The third-order valence-corrected chi connectivity index (χ3v) is 4.20. The molecule has 1 aliphatic rings. The lowest BCUT2D eigenvalue weighted by Crippen LogP contribution is -2.27. The van der Waals surface area contributed by atoms with Crippen LogP contribution >= 0.6 is 23.2 Å². The van der Waals surface area contributed by atoms with Gasteiger partial charge < -0.3 is 4.90 Å². The number of aryl methyl sites for hydroxylation is 1. The minimum atomic E-state index is -4.55. The van der Waals surface area contributed by atoms with Crippen molar-refractivity contribution in [1.29, 1.82) is 0 Å². The van der Waals surface area contributed by atoms with Crippen molar-refractivity contribution in [2.24, 2.45) is 4.99 Å². The molecule has 2 aromatic rings. The molecule has 0 N–H and O–H groups in total. The summed E-state index contributed by atoms with van der Waals surface area (Å²) in [5.74, 6) is 0. The molecule has 0 fully saturated rings. The topological polar surface area (TPSA) is 28.5 Å². The Balaban J connectivity index is 2.21. The molecule has 0 atom stereocenters. The lowest BCUT2D eigenvalue weighted by atomic mass is 10.1. The predicted molar refractivity (Wildman–Crippen MR) is 90.0 cm³/mol. The van der Waals surface area contributed by atoms with Crippen LogP contribution in [-0.2, 0) is 12.6 Å². The van der Waals surface area contributed by atoms with Gasteiger partial charge in [-0.15, -0.1) is 0 Å². The number of pyridine rings is 1. The van der Waals surface area contributed by atoms with E-state index in [1.165, 1.54) is 6.07 Å². The van der Waals surface area contributed by atoms with Crippen LogP contribution in [0.15, 0.2) is 35.5 Å². The van der Waals surface area contributed by atoms with Crippen LogP contribution in [0.4, 0.5) is 30.2 Å². The zero-order chi connectivity index (χ0) is 17.5. The summed E-state index contributed by atoms with van der Waals surface area (Å²) in [5.41, 5.74) is 1.17. The highest BCUT2D eigenvalue weighted by atomic mass is 35.5. The maximum Gasteiger partial charge on any atom is 0.417 e. The zero-order valence-corrected chi connectivity index (χ0v) is 14.0. The van der Waals surface area contributed by atoms with Crippen LogP contribution in [0.1, 0.15) is 18.2 Å². The van der Waals surface area contributed by atoms with E-state index in [9.17, 15) is 13.2 Å². The van der Waals surface area contributed by atoms with E-state index in [-0.39, 0.29) is 11.7 Å². The van der Waals surface area contributed by atoms with Crippen molar-refractivity contribution in [2.45, 2.75) is 19.5 Å². The van der Waals surface area contributed by atoms with Gasteiger partial charge in [-0.2, -0.15) is 13.2 Å². The molecule has 0 saturated heterocycles. The predicted octanol–water partition coefficient (Wildman–Crippen LogP) is 5.74. The van der Waals surface area contributed by atoms with Crippen LogP contribution in [0.5, 0.6) is 0 Å². The number of rotatable bonds is 2. The average Bonchev–Trinajstić information content (AvgIpc) is 2.52. The molecule has 0 radical (unpaired) electrons. The molecule has 1 aromatic heterocycles. The second-order valence-electron chi connectivity index (χ2n) is 5.22. The van der Waals surface area contributed by atoms with Gasteiger partial charge in [-0.3, -0.25) is 4.98 Å². The average molecular weight is 374 g/mol. The summed E-state index contributed by atoms with van der Waals surface area (Å²) in [5, 5.41) is -0.137. The molecule has 8 heteroatoms. The number of anilines is 2. The molecule has 0 bridgehead atoms. The lowest BCUT2D eigenvalue weighted by Gasteiger charge is -2.31. The minimum absolute atomic E-state index is 0.173. The summed E-state index contributed by atoms with van der Waals surface area (Å²) >= 11 is 11.9. The summed E-state index contributed by atoms with van der Waals surface area (Å²) in [4.78, 5) is 10.1. The molecule has 0 amide bonds. The van der Waals surface area contributed by atoms with Gasteiger partial charge in [0.25, 0.3) is 0 Å². The van der Waals surface area contributed by atoms with Gasteiger partial charge in [0.15, 0.2) is 0 Å².